The number of hydrogen-bond acceptors (Lipinski definition) is 5. The summed E-state index contributed by atoms with van der Waals surface area (Å²) in [7, 11) is 0. The van der Waals surface area contributed by atoms with Crippen molar-refractivity contribution in [2.45, 2.75) is 19.3 Å². The molecular weight excluding hydrogens is 324 g/mol. The highest BCUT2D eigenvalue weighted by atomic mass is 32.1. The molecule has 1 fully saturated rings. The maximum atomic E-state index is 12.2. The van der Waals surface area contributed by atoms with Gasteiger partial charge in [-0.25, -0.2) is 0 Å². The monoisotopic (exact) mass is 344 g/mol. The van der Waals surface area contributed by atoms with Gasteiger partial charge in [-0.2, -0.15) is 0 Å². The molecule has 2 heterocycles. The van der Waals surface area contributed by atoms with Gasteiger partial charge in [0.15, 0.2) is 5.69 Å². The fraction of sp³-hybridized carbons (Fsp3) is 0.412. The van der Waals surface area contributed by atoms with E-state index in [9.17, 15) is 9.59 Å². The largest absolute Gasteiger partial charge is 0.342 e. The molecule has 126 valence electrons. The third kappa shape index (κ3) is 4.38. The molecule has 0 saturated carbocycles. The number of nitrogens with zero attached hydrogens (tertiary/aromatic N) is 3. The maximum absolute atomic E-state index is 12.2. The molecular formula is C17H20N4O2S. The molecule has 7 heteroatoms. The molecule has 6 nitrogen and oxygen atoms in total. The van der Waals surface area contributed by atoms with Crippen molar-refractivity contribution in [3.05, 3.63) is 47.0 Å². The van der Waals surface area contributed by atoms with Crippen molar-refractivity contribution in [3.8, 4) is 0 Å². The molecule has 1 aliphatic heterocycles. The van der Waals surface area contributed by atoms with Crippen molar-refractivity contribution in [1.29, 1.82) is 0 Å². The van der Waals surface area contributed by atoms with Crippen molar-refractivity contribution in [1.82, 2.24) is 19.8 Å². The molecule has 2 aromatic rings. The minimum atomic E-state index is -0.351. The van der Waals surface area contributed by atoms with E-state index in [1.165, 1.54) is 5.56 Å². The number of likely N-dealkylation sites (tertiary alicyclic amines) is 1. The number of nitrogens with one attached hydrogen (secondary N) is 1. The Morgan fingerprint density at radius 1 is 1.21 bits per heavy atom. The summed E-state index contributed by atoms with van der Waals surface area (Å²) >= 11 is 1.11. The summed E-state index contributed by atoms with van der Waals surface area (Å²) in [5.41, 5.74) is 1.61. The highest BCUT2D eigenvalue weighted by Crippen LogP contribution is 2.21. The lowest BCUT2D eigenvalue weighted by Gasteiger charge is -2.32. The van der Waals surface area contributed by atoms with Crippen molar-refractivity contribution in [3.63, 3.8) is 0 Å². The van der Waals surface area contributed by atoms with Gasteiger partial charge in [-0.3, -0.25) is 9.59 Å². The lowest BCUT2D eigenvalue weighted by atomic mass is 9.90. The van der Waals surface area contributed by atoms with Crippen LogP contribution in [0, 0.1) is 5.92 Å². The van der Waals surface area contributed by atoms with Crippen molar-refractivity contribution < 1.29 is 9.59 Å². The molecule has 1 N–H and O–H groups in total. The Balaban J connectivity index is 1.41. The second-order valence-electron chi connectivity index (χ2n) is 5.99. The van der Waals surface area contributed by atoms with Gasteiger partial charge in [0.05, 0.1) is 6.54 Å². The van der Waals surface area contributed by atoms with Crippen LogP contribution < -0.4 is 5.32 Å². The average Bonchev–Trinajstić information content (AvgIpc) is 3.16. The predicted molar refractivity (Wildman–Crippen MR) is 91.7 cm³/mol. The first-order chi connectivity index (χ1) is 11.7. The Hall–Kier alpha value is -2.28. The molecule has 1 aromatic heterocycles. The Morgan fingerprint density at radius 3 is 2.62 bits per heavy atom. The van der Waals surface area contributed by atoms with E-state index in [-0.39, 0.29) is 24.1 Å². The molecule has 1 aliphatic rings. The summed E-state index contributed by atoms with van der Waals surface area (Å²) < 4.78 is 3.64. The third-order valence-corrected chi connectivity index (χ3v) is 4.83. The van der Waals surface area contributed by atoms with Crippen LogP contribution in [0.4, 0.5) is 0 Å². The number of aromatic nitrogens is 2. The second kappa shape index (κ2) is 8.01. The molecule has 0 bridgehead atoms. The SMILES string of the molecule is O=C(NCC(=O)N1CCC(Cc2ccccc2)CC1)c1csnn1. The van der Waals surface area contributed by atoms with Gasteiger partial charge in [0.2, 0.25) is 5.91 Å². The van der Waals surface area contributed by atoms with E-state index in [0.29, 0.717) is 5.92 Å². The van der Waals surface area contributed by atoms with Gasteiger partial charge in [0.25, 0.3) is 5.91 Å². The average molecular weight is 344 g/mol. The van der Waals surface area contributed by atoms with Gasteiger partial charge in [0.1, 0.15) is 0 Å². The van der Waals surface area contributed by atoms with Gasteiger partial charge in [-0.05, 0) is 42.3 Å². The molecule has 0 unspecified atom stereocenters. The van der Waals surface area contributed by atoms with Crippen LogP contribution in [0.5, 0.6) is 0 Å². The van der Waals surface area contributed by atoms with Gasteiger partial charge >= 0.3 is 0 Å². The van der Waals surface area contributed by atoms with Crippen LogP contribution >= 0.6 is 11.5 Å². The standard InChI is InChI=1S/C17H20N4O2S/c22-16(11-18-17(23)15-12-24-20-19-15)21-8-6-14(7-9-21)10-13-4-2-1-3-5-13/h1-5,12,14H,6-11H2,(H,18,23). The van der Waals surface area contributed by atoms with Gasteiger partial charge in [-0.15, -0.1) is 5.10 Å². The number of hydrogen-bond donors (Lipinski definition) is 1. The Labute approximate surface area is 145 Å². The van der Waals surface area contributed by atoms with E-state index in [1.807, 2.05) is 11.0 Å². The molecule has 24 heavy (non-hydrogen) atoms. The molecule has 0 spiro atoms. The first-order valence-electron chi connectivity index (χ1n) is 8.09. The van der Waals surface area contributed by atoms with Crippen LogP contribution in [0.15, 0.2) is 35.7 Å². The van der Waals surface area contributed by atoms with Crippen LogP contribution in [-0.2, 0) is 11.2 Å². The molecule has 3 rings (SSSR count). The predicted octanol–water partition coefficient (Wildman–Crippen LogP) is 1.75. The molecule has 0 atom stereocenters. The third-order valence-electron chi connectivity index (χ3n) is 4.33. The fourth-order valence-corrected chi connectivity index (χ4v) is 3.39. The van der Waals surface area contributed by atoms with Crippen LogP contribution in [0.2, 0.25) is 0 Å². The summed E-state index contributed by atoms with van der Waals surface area (Å²) in [4.78, 5) is 25.8. The smallest absolute Gasteiger partial charge is 0.273 e. The van der Waals surface area contributed by atoms with Crippen molar-refractivity contribution in [2.24, 2.45) is 5.92 Å². The number of rotatable bonds is 5. The van der Waals surface area contributed by atoms with Crippen molar-refractivity contribution >= 4 is 23.3 Å². The fourth-order valence-electron chi connectivity index (χ4n) is 2.96. The zero-order chi connectivity index (χ0) is 16.8. The van der Waals surface area contributed by atoms with E-state index in [0.717, 1.165) is 43.9 Å². The summed E-state index contributed by atoms with van der Waals surface area (Å²) in [6.45, 7) is 1.52. The number of benzene rings is 1. The first-order valence-corrected chi connectivity index (χ1v) is 8.93. The van der Waals surface area contributed by atoms with Gasteiger partial charge < -0.3 is 10.2 Å². The summed E-state index contributed by atoms with van der Waals surface area (Å²) in [6, 6.07) is 10.5. The topological polar surface area (TPSA) is 75.2 Å². The highest BCUT2D eigenvalue weighted by molar-refractivity contribution is 7.03. The Morgan fingerprint density at radius 2 is 1.96 bits per heavy atom. The quantitative estimate of drug-likeness (QED) is 0.897. The van der Waals surface area contributed by atoms with E-state index >= 15 is 0 Å². The number of carbonyl (C=O) groups is 2. The Kier molecular flexibility index (Phi) is 5.53. The minimum Gasteiger partial charge on any atom is -0.342 e. The lowest BCUT2D eigenvalue weighted by molar-refractivity contribution is -0.131. The highest BCUT2D eigenvalue weighted by Gasteiger charge is 2.23. The Bertz CT molecular complexity index is 667. The summed E-state index contributed by atoms with van der Waals surface area (Å²) in [6.07, 6.45) is 3.08. The van der Waals surface area contributed by atoms with E-state index in [2.05, 4.69) is 39.2 Å². The second-order valence-corrected chi connectivity index (χ2v) is 6.60. The maximum Gasteiger partial charge on any atom is 0.273 e. The number of piperidine rings is 1. The van der Waals surface area contributed by atoms with Gasteiger partial charge in [-0.1, -0.05) is 34.8 Å². The number of amides is 2. The van der Waals surface area contributed by atoms with Crippen molar-refractivity contribution in [2.75, 3.05) is 19.6 Å². The summed E-state index contributed by atoms with van der Waals surface area (Å²) in [5.74, 6) is 0.230. The van der Waals surface area contributed by atoms with Crippen LogP contribution in [0.25, 0.3) is 0 Å². The van der Waals surface area contributed by atoms with E-state index in [4.69, 9.17) is 0 Å². The zero-order valence-electron chi connectivity index (χ0n) is 13.4. The van der Waals surface area contributed by atoms with Crippen LogP contribution in [0.3, 0.4) is 0 Å². The lowest BCUT2D eigenvalue weighted by Crippen LogP contribution is -2.44. The number of carbonyl (C=O) groups excluding carboxylic acids is 2. The minimum absolute atomic E-state index is 0.0136. The van der Waals surface area contributed by atoms with E-state index in [1.54, 1.807) is 5.38 Å². The molecule has 2 amide bonds. The van der Waals surface area contributed by atoms with Gasteiger partial charge in [0, 0.05) is 18.5 Å². The normalized spacial score (nSPS) is 15.2. The molecule has 1 aromatic carbocycles. The molecule has 0 aliphatic carbocycles. The first kappa shape index (κ1) is 16.6. The molecule has 1 saturated heterocycles. The van der Waals surface area contributed by atoms with Crippen LogP contribution in [0.1, 0.15) is 28.9 Å². The molecule has 0 radical (unpaired) electrons. The zero-order valence-corrected chi connectivity index (χ0v) is 14.2. The van der Waals surface area contributed by atoms with Crippen LogP contribution in [-0.4, -0.2) is 45.9 Å². The summed E-state index contributed by atoms with van der Waals surface area (Å²) in [5, 5.41) is 7.86. The van der Waals surface area contributed by atoms with E-state index < -0.39 is 0 Å².